The van der Waals surface area contributed by atoms with Crippen LogP contribution in [0.1, 0.15) is 34.8 Å². The number of nitrogens with zero attached hydrogens (tertiary/aromatic N) is 1. The van der Waals surface area contributed by atoms with Crippen molar-refractivity contribution in [2.24, 2.45) is 0 Å². The summed E-state index contributed by atoms with van der Waals surface area (Å²) in [7, 11) is 0. The van der Waals surface area contributed by atoms with Crippen LogP contribution in [0.25, 0.3) is 0 Å². The molecule has 86 valence electrons. The van der Waals surface area contributed by atoms with Crippen molar-refractivity contribution in [2.45, 2.75) is 26.3 Å². The molecule has 1 heterocycles. The molecule has 16 heavy (non-hydrogen) atoms. The van der Waals surface area contributed by atoms with Gasteiger partial charge in [-0.05, 0) is 42.6 Å². The highest BCUT2D eigenvalue weighted by molar-refractivity contribution is 5.87. The number of hydrogen-bond donors (Lipinski definition) is 1. The number of aromatic carboxylic acids is 1. The van der Waals surface area contributed by atoms with Crippen molar-refractivity contribution < 1.29 is 9.90 Å². The minimum atomic E-state index is -0.838. The fourth-order valence-electron chi connectivity index (χ4n) is 2.26. The summed E-state index contributed by atoms with van der Waals surface area (Å²) in [6.45, 7) is 5.25. The highest BCUT2D eigenvalue weighted by atomic mass is 16.4. The van der Waals surface area contributed by atoms with Crippen molar-refractivity contribution in [3.63, 3.8) is 0 Å². The van der Waals surface area contributed by atoms with E-state index < -0.39 is 5.97 Å². The number of rotatable bonds is 3. The van der Waals surface area contributed by atoms with E-state index in [9.17, 15) is 4.79 Å². The smallest absolute Gasteiger partial charge is 0.335 e. The van der Waals surface area contributed by atoms with Gasteiger partial charge in [0.05, 0.1) is 5.56 Å². The van der Waals surface area contributed by atoms with Gasteiger partial charge in [0.2, 0.25) is 0 Å². The van der Waals surface area contributed by atoms with Crippen molar-refractivity contribution in [3.05, 3.63) is 34.9 Å². The Bertz CT molecular complexity index is 401. The number of benzene rings is 1. The molecule has 0 spiro atoms. The first kappa shape index (κ1) is 11.1. The van der Waals surface area contributed by atoms with E-state index in [0.717, 1.165) is 32.5 Å². The summed E-state index contributed by atoms with van der Waals surface area (Å²) in [5.41, 5.74) is 2.88. The van der Waals surface area contributed by atoms with Crippen LogP contribution in [0.15, 0.2) is 18.2 Å². The molecule has 0 saturated carbocycles. The molecule has 0 unspecified atom stereocenters. The Labute approximate surface area is 95.7 Å². The topological polar surface area (TPSA) is 40.5 Å². The van der Waals surface area contributed by atoms with Crippen LogP contribution >= 0.6 is 0 Å². The van der Waals surface area contributed by atoms with Crippen LogP contribution < -0.4 is 0 Å². The molecule has 3 nitrogen and oxygen atoms in total. The van der Waals surface area contributed by atoms with Crippen molar-refractivity contribution in [3.8, 4) is 0 Å². The van der Waals surface area contributed by atoms with Crippen molar-refractivity contribution in [2.75, 3.05) is 13.1 Å². The molecule has 1 aliphatic heterocycles. The van der Waals surface area contributed by atoms with Gasteiger partial charge in [-0.1, -0.05) is 13.0 Å². The average molecular weight is 219 g/mol. The molecule has 1 N–H and O–H groups in total. The summed E-state index contributed by atoms with van der Waals surface area (Å²) in [6.07, 6.45) is 2.18. The van der Waals surface area contributed by atoms with E-state index in [0.29, 0.717) is 5.56 Å². The van der Waals surface area contributed by atoms with Gasteiger partial charge in [-0.15, -0.1) is 0 Å². The van der Waals surface area contributed by atoms with Gasteiger partial charge >= 0.3 is 5.97 Å². The number of fused-ring (bicyclic) bond motifs is 1. The van der Waals surface area contributed by atoms with Crippen LogP contribution in [0, 0.1) is 0 Å². The van der Waals surface area contributed by atoms with E-state index in [1.54, 1.807) is 6.07 Å². The minimum Gasteiger partial charge on any atom is -0.478 e. The van der Waals surface area contributed by atoms with E-state index in [-0.39, 0.29) is 0 Å². The molecule has 0 aromatic heterocycles. The summed E-state index contributed by atoms with van der Waals surface area (Å²) < 4.78 is 0. The van der Waals surface area contributed by atoms with E-state index in [2.05, 4.69) is 11.8 Å². The predicted molar refractivity (Wildman–Crippen MR) is 62.7 cm³/mol. The van der Waals surface area contributed by atoms with E-state index >= 15 is 0 Å². The summed E-state index contributed by atoms with van der Waals surface area (Å²) >= 11 is 0. The molecule has 0 saturated heterocycles. The van der Waals surface area contributed by atoms with Crippen LogP contribution in [0.4, 0.5) is 0 Å². The summed E-state index contributed by atoms with van der Waals surface area (Å²) in [5.74, 6) is -0.838. The SMILES string of the molecule is CCCN1CCc2ccc(C(=O)O)cc2C1. The van der Waals surface area contributed by atoms with Crippen LogP contribution in [-0.2, 0) is 13.0 Å². The summed E-state index contributed by atoms with van der Waals surface area (Å²) in [5, 5.41) is 8.94. The molecule has 0 amide bonds. The Morgan fingerprint density at radius 2 is 2.25 bits per heavy atom. The number of carboxylic acid groups (broad SMARTS) is 1. The van der Waals surface area contributed by atoms with Crippen molar-refractivity contribution in [1.82, 2.24) is 4.90 Å². The number of hydrogen-bond acceptors (Lipinski definition) is 2. The van der Waals surface area contributed by atoms with Crippen LogP contribution in [-0.4, -0.2) is 29.1 Å². The molecule has 0 atom stereocenters. The van der Waals surface area contributed by atoms with Crippen LogP contribution in [0.5, 0.6) is 0 Å². The maximum Gasteiger partial charge on any atom is 0.335 e. The highest BCUT2D eigenvalue weighted by Crippen LogP contribution is 2.20. The van der Waals surface area contributed by atoms with E-state index in [1.807, 2.05) is 12.1 Å². The lowest BCUT2D eigenvalue weighted by Crippen LogP contribution is -2.31. The third-order valence-corrected chi connectivity index (χ3v) is 3.08. The zero-order valence-corrected chi connectivity index (χ0v) is 9.57. The summed E-state index contributed by atoms with van der Waals surface area (Å²) in [4.78, 5) is 13.3. The lowest BCUT2D eigenvalue weighted by molar-refractivity contribution is 0.0696. The van der Waals surface area contributed by atoms with E-state index in [4.69, 9.17) is 5.11 Å². The monoisotopic (exact) mass is 219 g/mol. The molecule has 1 aliphatic rings. The first-order valence-electron chi connectivity index (χ1n) is 5.78. The zero-order chi connectivity index (χ0) is 11.5. The lowest BCUT2D eigenvalue weighted by atomic mass is 9.97. The Hall–Kier alpha value is -1.35. The molecular formula is C13H17NO2. The molecule has 3 heteroatoms. The largest absolute Gasteiger partial charge is 0.478 e. The maximum absolute atomic E-state index is 10.9. The van der Waals surface area contributed by atoms with Gasteiger partial charge in [0.15, 0.2) is 0 Å². The van der Waals surface area contributed by atoms with Gasteiger partial charge in [0.25, 0.3) is 0 Å². The van der Waals surface area contributed by atoms with Gasteiger partial charge in [0.1, 0.15) is 0 Å². The molecule has 1 aromatic rings. The Balaban J connectivity index is 2.21. The molecular weight excluding hydrogens is 202 g/mol. The van der Waals surface area contributed by atoms with Crippen LogP contribution in [0.2, 0.25) is 0 Å². The van der Waals surface area contributed by atoms with E-state index in [1.165, 1.54) is 11.1 Å². The van der Waals surface area contributed by atoms with Gasteiger partial charge in [-0.25, -0.2) is 4.79 Å². The van der Waals surface area contributed by atoms with Crippen LogP contribution in [0.3, 0.4) is 0 Å². The third kappa shape index (κ3) is 2.25. The van der Waals surface area contributed by atoms with Gasteiger partial charge < -0.3 is 5.11 Å². The minimum absolute atomic E-state index is 0.400. The number of carbonyl (C=O) groups is 1. The first-order valence-corrected chi connectivity index (χ1v) is 5.78. The highest BCUT2D eigenvalue weighted by Gasteiger charge is 2.16. The molecule has 0 radical (unpaired) electrons. The molecule has 0 bridgehead atoms. The Kier molecular flexibility index (Phi) is 3.25. The normalized spacial score (nSPS) is 15.8. The lowest BCUT2D eigenvalue weighted by Gasteiger charge is -2.28. The average Bonchev–Trinajstić information content (AvgIpc) is 2.28. The zero-order valence-electron chi connectivity index (χ0n) is 9.57. The second-order valence-corrected chi connectivity index (χ2v) is 4.31. The molecule has 0 aliphatic carbocycles. The second-order valence-electron chi connectivity index (χ2n) is 4.31. The van der Waals surface area contributed by atoms with Gasteiger partial charge in [0, 0.05) is 13.1 Å². The first-order chi connectivity index (χ1) is 7.70. The molecule has 1 aromatic carbocycles. The standard InChI is InChI=1S/C13H17NO2/c1-2-6-14-7-5-10-3-4-11(13(15)16)8-12(10)9-14/h3-4,8H,2,5-7,9H2,1H3,(H,15,16). The number of carboxylic acids is 1. The molecule has 2 rings (SSSR count). The summed E-state index contributed by atoms with van der Waals surface area (Å²) in [6, 6.07) is 5.48. The Morgan fingerprint density at radius 1 is 1.44 bits per heavy atom. The fraction of sp³-hybridized carbons (Fsp3) is 0.462. The predicted octanol–water partition coefficient (Wildman–Crippen LogP) is 2.15. The maximum atomic E-state index is 10.9. The second kappa shape index (κ2) is 4.66. The van der Waals surface area contributed by atoms with Crippen molar-refractivity contribution in [1.29, 1.82) is 0 Å². The van der Waals surface area contributed by atoms with Gasteiger partial charge in [-0.2, -0.15) is 0 Å². The van der Waals surface area contributed by atoms with Crippen molar-refractivity contribution >= 4 is 5.97 Å². The quantitative estimate of drug-likeness (QED) is 0.846. The Morgan fingerprint density at radius 3 is 2.94 bits per heavy atom. The van der Waals surface area contributed by atoms with Gasteiger partial charge in [-0.3, -0.25) is 4.90 Å². The third-order valence-electron chi connectivity index (χ3n) is 3.08. The molecule has 0 fully saturated rings. The fourth-order valence-corrected chi connectivity index (χ4v) is 2.26.